The zero-order valence-electron chi connectivity index (χ0n) is 9.00. The van der Waals surface area contributed by atoms with Gasteiger partial charge in [0.15, 0.2) is 11.5 Å². The molecule has 4 N–H and O–H groups in total. The molecule has 0 saturated heterocycles. The van der Waals surface area contributed by atoms with E-state index in [4.69, 9.17) is 9.47 Å². The summed E-state index contributed by atoms with van der Waals surface area (Å²) in [7, 11) is 1.63. The summed E-state index contributed by atoms with van der Waals surface area (Å²) in [5.41, 5.74) is 2.86. The highest BCUT2D eigenvalue weighted by Crippen LogP contribution is 2.25. The Bertz CT molecular complexity index is 284. The van der Waals surface area contributed by atoms with Crippen LogP contribution in [0.2, 0.25) is 0 Å². The van der Waals surface area contributed by atoms with Gasteiger partial charge in [-0.15, -0.1) is 0 Å². The average Bonchev–Trinajstić information content (AvgIpc) is 2.26. The van der Waals surface area contributed by atoms with Crippen LogP contribution < -0.4 is 33.1 Å². The van der Waals surface area contributed by atoms with Crippen LogP contribution in [0.3, 0.4) is 0 Å². The van der Waals surface area contributed by atoms with E-state index >= 15 is 0 Å². The molecule has 0 aliphatic rings. The average molecular weight is 233 g/mol. The van der Waals surface area contributed by atoms with Crippen LogP contribution >= 0.6 is 0 Å². The molecule has 1 rings (SSSR count). The number of ether oxygens (including phenoxy) is 2. The van der Waals surface area contributed by atoms with E-state index < -0.39 is 0 Å². The number of nitrogens with one attached hydrogen (secondary N) is 1. The van der Waals surface area contributed by atoms with Crippen LogP contribution in [0.1, 0.15) is 6.92 Å². The van der Waals surface area contributed by atoms with Gasteiger partial charge >= 0.3 is 0 Å². The van der Waals surface area contributed by atoms with Crippen molar-refractivity contribution in [2.24, 2.45) is 0 Å². The molecule has 0 aromatic heterocycles. The Morgan fingerprint density at radius 3 is 2.47 bits per heavy atom. The van der Waals surface area contributed by atoms with Gasteiger partial charge in [-0.1, -0.05) is 12.1 Å². The SMILES string of the molecule is COc1ccccc1OCC(C)N[NH3+].[Cl-]. The van der Waals surface area contributed by atoms with E-state index in [9.17, 15) is 0 Å². The van der Waals surface area contributed by atoms with Crippen molar-refractivity contribution in [1.82, 2.24) is 5.43 Å². The van der Waals surface area contributed by atoms with Crippen molar-refractivity contribution < 1.29 is 27.7 Å². The van der Waals surface area contributed by atoms with Crippen molar-refractivity contribution in [2.45, 2.75) is 13.0 Å². The molecule has 0 amide bonds. The second-order valence-electron chi connectivity index (χ2n) is 3.07. The van der Waals surface area contributed by atoms with Gasteiger partial charge < -0.3 is 21.9 Å². The summed E-state index contributed by atoms with van der Waals surface area (Å²) < 4.78 is 10.7. The fourth-order valence-electron chi connectivity index (χ4n) is 1.01. The second-order valence-corrected chi connectivity index (χ2v) is 3.07. The quantitative estimate of drug-likeness (QED) is 0.540. The molecular weight excluding hydrogens is 216 g/mol. The smallest absolute Gasteiger partial charge is 0.161 e. The third-order valence-electron chi connectivity index (χ3n) is 1.91. The molecule has 4 nitrogen and oxygen atoms in total. The molecule has 5 heteroatoms. The first-order valence-electron chi connectivity index (χ1n) is 4.56. The number of methoxy groups -OCH3 is 1. The maximum Gasteiger partial charge on any atom is 0.161 e. The maximum absolute atomic E-state index is 5.55. The fraction of sp³-hybridized carbons (Fsp3) is 0.400. The Hall–Kier alpha value is -0.970. The molecule has 1 unspecified atom stereocenters. The lowest BCUT2D eigenvalue weighted by molar-refractivity contribution is -0.451. The molecule has 0 aliphatic heterocycles. The van der Waals surface area contributed by atoms with Crippen LogP contribution in [0.25, 0.3) is 0 Å². The molecule has 1 aromatic carbocycles. The normalized spacial score (nSPS) is 11.4. The van der Waals surface area contributed by atoms with Crippen molar-refractivity contribution in [1.29, 1.82) is 0 Å². The Kier molecular flexibility index (Phi) is 6.86. The molecule has 0 heterocycles. The van der Waals surface area contributed by atoms with E-state index in [0.29, 0.717) is 6.61 Å². The molecule has 0 saturated carbocycles. The predicted molar refractivity (Wildman–Crippen MR) is 54.0 cm³/mol. The zero-order valence-corrected chi connectivity index (χ0v) is 9.75. The molecule has 0 fully saturated rings. The molecule has 0 aliphatic carbocycles. The summed E-state index contributed by atoms with van der Waals surface area (Å²) in [6, 6.07) is 7.81. The molecular formula is C10H17ClN2O2. The number of quaternary nitrogens is 1. The third kappa shape index (κ3) is 4.38. The number of rotatable bonds is 5. The minimum atomic E-state index is 0. The van der Waals surface area contributed by atoms with Crippen LogP contribution in [0.15, 0.2) is 24.3 Å². The minimum Gasteiger partial charge on any atom is -1.00 e. The van der Waals surface area contributed by atoms with E-state index in [1.54, 1.807) is 7.11 Å². The molecule has 86 valence electrons. The van der Waals surface area contributed by atoms with Gasteiger partial charge in [-0.2, -0.15) is 5.43 Å². The van der Waals surface area contributed by atoms with E-state index in [-0.39, 0.29) is 18.4 Å². The summed E-state index contributed by atoms with van der Waals surface area (Å²) >= 11 is 0. The lowest BCUT2D eigenvalue weighted by Gasteiger charge is -2.12. The van der Waals surface area contributed by atoms with Crippen LogP contribution in [-0.4, -0.2) is 19.8 Å². The van der Waals surface area contributed by atoms with Gasteiger partial charge in [0, 0.05) is 0 Å². The van der Waals surface area contributed by atoms with Crippen LogP contribution in [-0.2, 0) is 0 Å². The standard InChI is InChI=1S/C10H16N2O2.ClH/c1-8(12-11)7-14-10-6-4-3-5-9(10)13-2;/h3-6,8,12H,7,11H2,1-2H3;1H. The van der Waals surface area contributed by atoms with E-state index in [2.05, 4.69) is 11.3 Å². The third-order valence-corrected chi connectivity index (χ3v) is 1.91. The Balaban J connectivity index is 0.00000196. The maximum atomic E-state index is 5.55. The monoisotopic (exact) mass is 232 g/mol. The number of benzene rings is 1. The summed E-state index contributed by atoms with van der Waals surface area (Å²) in [5, 5.41) is 0. The highest BCUT2D eigenvalue weighted by molar-refractivity contribution is 5.39. The summed E-state index contributed by atoms with van der Waals surface area (Å²) in [6.07, 6.45) is 0. The van der Waals surface area contributed by atoms with Gasteiger partial charge in [-0.25, -0.2) is 0 Å². The van der Waals surface area contributed by atoms with Gasteiger partial charge in [0.25, 0.3) is 0 Å². The van der Waals surface area contributed by atoms with Crippen molar-refractivity contribution in [2.75, 3.05) is 13.7 Å². The lowest BCUT2D eigenvalue weighted by Crippen LogP contribution is -3.00. The van der Waals surface area contributed by atoms with E-state index in [1.807, 2.05) is 31.2 Å². The highest BCUT2D eigenvalue weighted by Gasteiger charge is 2.05. The minimum absolute atomic E-state index is 0. The van der Waals surface area contributed by atoms with Crippen LogP contribution in [0.5, 0.6) is 11.5 Å². The first-order chi connectivity index (χ1) is 6.77. The Morgan fingerprint density at radius 1 is 1.33 bits per heavy atom. The van der Waals surface area contributed by atoms with Gasteiger partial charge in [0.1, 0.15) is 6.61 Å². The van der Waals surface area contributed by atoms with Gasteiger partial charge in [-0.05, 0) is 19.1 Å². The van der Waals surface area contributed by atoms with E-state index in [0.717, 1.165) is 11.5 Å². The first-order valence-corrected chi connectivity index (χ1v) is 4.56. The van der Waals surface area contributed by atoms with Gasteiger partial charge in [-0.3, -0.25) is 5.84 Å². The van der Waals surface area contributed by atoms with Gasteiger partial charge in [0.2, 0.25) is 0 Å². The largest absolute Gasteiger partial charge is 1.00 e. The van der Waals surface area contributed by atoms with Crippen molar-refractivity contribution in [3.63, 3.8) is 0 Å². The second kappa shape index (κ2) is 7.34. The fourth-order valence-corrected chi connectivity index (χ4v) is 1.01. The van der Waals surface area contributed by atoms with Crippen LogP contribution in [0.4, 0.5) is 0 Å². The van der Waals surface area contributed by atoms with E-state index in [1.165, 1.54) is 0 Å². The van der Waals surface area contributed by atoms with Gasteiger partial charge in [0.05, 0.1) is 13.2 Å². The first kappa shape index (κ1) is 14.0. The predicted octanol–water partition coefficient (Wildman–Crippen LogP) is -2.79. The highest BCUT2D eigenvalue weighted by atomic mass is 35.5. The molecule has 15 heavy (non-hydrogen) atoms. The topological polar surface area (TPSA) is 58.1 Å². The number of para-hydroxylation sites is 2. The van der Waals surface area contributed by atoms with Crippen molar-refractivity contribution in [3.05, 3.63) is 24.3 Å². The van der Waals surface area contributed by atoms with Crippen molar-refractivity contribution >= 4 is 0 Å². The molecule has 1 aromatic rings. The summed E-state index contributed by atoms with van der Waals surface area (Å²) in [4.78, 5) is 0. The molecule has 0 radical (unpaired) electrons. The zero-order chi connectivity index (χ0) is 10.4. The van der Waals surface area contributed by atoms with Crippen LogP contribution in [0, 0.1) is 0 Å². The lowest BCUT2D eigenvalue weighted by atomic mass is 10.3. The number of hydrogen-bond donors (Lipinski definition) is 2. The summed E-state index contributed by atoms with van der Waals surface area (Å²) in [5.74, 6) is 5.09. The molecule has 0 bridgehead atoms. The number of halogens is 1. The Morgan fingerprint density at radius 2 is 1.93 bits per heavy atom. The molecule has 1 atom stereocenters. The van der Waals surface area contributed by atoms with Crippen molar-refractivity contribution in [3.8, 4) is 11.5 Å². The molecule has 0 spiro atoms. The number of hydrogen-bond acceptors (Lipinski definition) is 3. The Labute approximate surface area is 96.1 Å². The summed E-state index contributed by atoms with van der Waals surface area (Å²) in [6.45, 7) is 2.58.